The molecule has 6 nitrogen and oxygen atoms in total. The van der Waals surface area contributed by atoms with Gasteiger partial charge in [0.15, 0.2) is 0 Å². The molecular weight excluding hydrogens is 296 g/mol. The van der Waals surface area contributed by atoms with Crippen molar-refractivity contribution in [1.82, 2.24) is 4.90 Å². The van der Waals surface area contributed by atoms with Crippen LogP contribution in [0.25, 0.3) is 0 Å². The molecular formula is C17H26N2O4. The van der Waals surface area contributed by atoms with E-state index < -0.39 is 24.4 Å². The zero-order valence-electron chi connectivity index (χ0n) is 13.2. The molecule has 0 radical (unpaired) electrons. The Hall–Kier alpha value is -1.18. The van der Waals surface area contributed by atoms with Gasteiger partial charge in [-0.3, -0.25) is 4.90 Å². The monoisotopic (exact) mass is 322 g/mol. The van der Waals surface area contributed by atoms with Crippen molar-refractivity contribution in [2.45, 2.75) is 30.8 Å². The van der Waals surface area contributed by atoms with Gasteiger partial charge in [0.25, 0.3) is 0 Å². The van der Waals surface area contributed by atoms with E-state index in [0.717, 1.165) is 19.5 Å². The van der Waals surface area contributed by atoms with E-state index in [2.05, 4.69) is 17.0 Å². The fourth-order valence-corrected chi connectivity index (χ4v) is 3.77. The van der Waals surface area contributed by atoms with Crippen molar-refractivity contribution >= 4 is 5.69 Å². The third-order valence-corrected chi connectivity index (χ3v) is 5.12. The number of nitrogens with zero attached hydrogens (tertiary/aromatic N) is 2. The van der Waals surface area contributed by atoms with E-state index in [0.29, 0.717) is 12.5 Å². The molecule has 4 N–H and O–H groups in total. The summed E-state index contributed by atoms with van der Waals surface area (Å²) in [5.41, 5.74) is 1.21. The van der Waals surface area contributed by atoms with Gasteiger partial charge in [0.1, 0.15) is 12.2 Å². The van der Waals surface area contributed by atoms with Gasteiger partial charge in [0.05, 0.1) is 18.8 Å². The standard InChI is InChI=1S/C17H26N2O4/c20-11-14-16(22)17(23)15(21)10-19(14)9-12-6-7-18(8-12)13-4-2-1-3-5-13/h1-5,12,14-17,20-23H,6-11H2/t12-,14+,15-,16+,17+/m0/s1. The van der Waals surface area contributed by atoms with Gasteiger partial charge in [-0.05, 0) is 24.5 Å². The average Bonchev–Trinajstić information content (AvgIpc) is 3.02. The maximum atomic E-state index is 10.1. The second kappa shape index (κ2) is 7.15. The van der Waals surface area contributed by atoms with Gasteiger partial charge in [-0.1, -0.05) is 18.2 Å². The van der Waals surface area contributed by atoms with E-state index in [1.807, 2.05) is 23.1 Å². The lowest BCUT2D eigenvalue weighted by Crippen LogP contribution is -2.63. The first-order valence-corrected chi connectivity index (χ1v) is 8.29. The van der Waals surface area contributed by atoms with Crippen molar-refractivity contribution in [3.05, 3.63) is 30.3 Å². The molecule has 2 heterocycles. The van der Waals surface area contributed by atoms with E-state index in [4.69, 9.17) is 0 Å². The lowest BCUT2D eigenvalue weighted by atomic mass is 9.93. The van der Waals surface area contributed by atoms with Crippen LogP contribution in [0.4, 0.5) is 5.69 Å². The van der Waals surface area contributed by atoms with Gasteiger partial charge in [-0.2, -0.15) is 0 Å². The zero-order chi connectivity index (χ0) is 16.4. The van der Waals surface area contributed by atoms with Crippen LogP contribution in [0.15, 0.2) is 30.3 Å². The number of benzene rings is 1. The van der Waals surface area contributed by atoms with Gasteiger partial charge in [0, 0.05) is 31.9 Å². The predicted molar refractivity (Wildman–Crippen MR) is 87.2 cm³/mol. The van der Waals surface area contributed by atoms with Crippen molar-refractivity contribution in [3.63, 3.8) is 0 Å². The van der Waals surface area contributed by atoms with E-state index in [1.54, 1.807) is 0 Å². The fraction of sp³-hybridized carbons (Fsp3) is 0.647. The molecule has 0 bridgehead atoms. The number of hydrogen-bond donors (Lipinski definition) is 4. The Labute approximate surface area is 136 Å². The number of piperidine rings is 1. The molecule has 23 heavy (non-hydrogen) atoms. The lowest BCUT2D eigenvalue weighted by Gasteiger charge is -2.44. The Morgan fingerprint density at radius 2 is 1.74 bits per heavy atom. The fourth-order valence-electron chi connectivity index (χ4n) is 3.77. The maximum Gasteiger partial charge on any atom is 0.109 e. The molecule has 2 saturated heterocycles. The van der Waals surface area contributed by atoms with Crippen molar-refractivity contribution in [1.29, 1.82) is 0 Å². The number of rotatable bonds is 4. The highest BCUT2D eigenvalue weighted by Crippen LogP contribution is 2.26. The number of aliphatic hydroxyl groups is 4. The summed E-state index contributed by atoms with van der Waals surface area (Å²) in [5.74, 6) is 0.416. The smallest absolute Gasteiger partial charge is 0.109 e. The molecule has 0 saturated carbocycles. The second-order valence-corrected chi connectivity index (χ2v) is 6.69. The zero-order valence-corrected chi connectivity index (χ0v) is 13.2. The molecule has 1 aromatic carbocycles. The summed E-state index contributed by atoms with van der Waals surface area (Å²) in [6.45, 7) is 2.67. The van der Waals surface area contributed by atoms with Crippen LogP contribution in [0.5, 0.6) is 0 Å². The second-order valence-electron chi connectivity index (χ2n) is 6.69. The molecule has 0 aromatic heterocycles. The predicted octanol–water partition coefficient (Wildman–Crippen LogP) is -0.728. The highest BCUT2D eigenvalue weighted by molar-refractivity contribution is 5.46. The van der Waals surface area contributed by atoms with Crippen LogP contribution in [0.1, 0.15) is 6.42 Å². The summed E-state index contributed by atoms with van der Waals surface area (Å²) >= 11 is 0. The topological polar surface area (TPSA) is 87.4 Å². The highest BCUT2D eigenvalue weighted by Gasteiger charge is 2.42. The molecule has 0 spiro atoms. The third kappa shape index (κ3) is 3.51. The number of hydrogen-bond acceptors (Lipinski definition) is 6. The van der Waals surface area contributed by atoms with E-state index in [9.17, 15) is 20.4 Å². The normalized spacial score (nSPS) is 35.7. The first kappa shape index (κ1) is 16.7. The minimum atomic E-state index is -1.19. The number of aliphatic hydroxyl groups excluding tert-OH is 4. The van der Waals surface area contributed by atoms with Gasteiger partial charge >= 0.3 is 0 Å². The van der Waals surface area contributed by atoms with Crippen molar-refractivity contribution in [3.8, 4) is 0 Å². The summed E-state index contributed by atoms with van der Waals surface area (Å²) in [7, 11) is 0. The molecule has 3 rings (SSSR count). The third-order valence-electron chi connectivity index (χ3n) is 5.12. The van der Waals surface area contributed by atoms with Crippen LogP contribution in [-0.2, 0) is 0 Å². The van der Waals surface area contributed by atoms with Crippen LogP contribution in [0.3, 0.4) is 0 Å². The number of para-hydroxylation sites is 1. The summed E-state index contributed by atoms with van der Waals surface area (Å²) in [5, 5.41) is 39.3. The number of anilines is 1. The van der Waals surface area contributed by atoms with Gasteiger partial charge < -0.3 is 25.3 Å². The van der Waals surface area contributed by atoms with Crippen LogP contribution < -0.4 is 4.90 Å². The first-order valence-electron chi connectivity index (χ1n) is 8.29. The Morgan fingerprint density at radius 1 is 1.00 bits per heavy atom. The molecule has 0 unspecified atom stereocenters. The van der Waals surface area contributed by atoms with Crippen LogP contribution in [-0.4, -0.2) is 82.5 Å². The van der Waals surface area contributed by atoms with E-state index in [-0.39, 0.29) is 13.2 Å². The minimum Gasteiger partial charge on any atom is -0.395 e. The first-order chi connectivity index (χ1) is 11.1. The number of likely N-dealkylation sites (tertiary alicyclic amines) is 1. The van der Waals surface area contributed by atoms with Crippen LogP contribution in [0.2, 0.25) is 0 Å². The summed E-state index contributed by atoms with van der Waals surface area (Å²) in [6, 6.07) is 9.75. The molecule has 0 amide bonds. The van der Waals surface area contributed by atoms with Gasteiger partial charge in [0.2, 0.25) is 0 Å². The molecule has 6 heteroatoms. The Balaban J connectivity index is 1.61. The molecule has 2 fully saturated rings. The SMILES string of the molecule is OC[C@@H]1[C@@H](O)[C@H](O)[C@@H](O)CN1C[C@H]1CCN(c2ccccc2)C1. The van der Waals surface area contributed by atoms with Crippen molar-refractivity contribution in [2.24, 2.45) is 5.92 Å². The van der Waals surface area contributed by atoms with E-state index >= 15 is 0 Å². The Bertz CT molecular complexity index is 501. The highest BCUT2D eigenvalue weighted by atomic mass is 16.4. The minimum absolute atomic E-state index is 0.222. The summed E-state index contributed by atoms with van der Waals surface area (Å²) in [6.07, 6.45) is -2.24. The average molecular weight is 322 g/mol. The van der Waals surface area contributed by atoms with Crippen LogP contribution >= 0.6 is 0 Å². The lowest BCUT2D eigenvalue weighted by molar-refractivity contribution is -0.146. The molecule has 2 aliphatic heterocycles. The largest absolute Gasteiger partial charge is 0.395 e. The maximum absolute atomic E-state index is 10.1. The number of β-amino-alcohol motifs (C(OH)–C–C–N with tert-alkyl or cyclic N) is 1. The quantitative estimate of drug-likeness (QED) is 0.585. The van der Waals surface area contributed by atoms with E-state index in [1.165, 1.54) is 5.69 Å². The van der Waals surface area contributed by atoms with Crippen molar-refractivity contribution in [2.75, 3.05) is 37.7 Å². The summed E-state index contributed by atoms with van der Waals surface area (Å²) in [4.78, 5) is 4.26. The molecule has 5 atom stereocenters. The summed E-state index contributed by atoms with van der Waals surface area (Å²) < 4.78 is 0. The molecule has 1 aromatic rings. The molecule has 128 valence electrons. The Morgan fingerprint density at radius 3 is 2.43 bits per heavy atom. The molecule has 0 aliphatic carbocycles. The van der Waals surface area contributed by atoms with Gasteiger partial charge in [-0.25, -0.2) is 0 Å². The Kier molecular flexibility index (Phi) is 5.18. The molecule has 2 aliphatic rings. The van der Waals surface area contributed by atoms with Gasteiger partial charge in [-0.15, -0.1) is 0 Å². The van der Waals surface area contributed by atoms with Crippen LogP contribution in [0, 0.1) is 5.92 Å². The van der Waals surface area contributed by atoms with Crippen molar-refractivity contribution < 1.29 is 20.4 Å².